The molecule has 0 bridgehead atoms. The Kier molecular flexibility index (Phi) is 15.2. The normalized spacial score (nSPS) is 16.1. The van der Waals surface area contributed by atoms with E-state index in [9.17, 15) is 19.2 Å². The van der Waals surface area contributed by atoms with Gasteiger partial charge in [0.05, 0.1) is 25.4 Å². The summed E-state index contributed by atoms with van der Waals surface area (Å²) in [4.78, 5) is 47.7. The summed E-state index contributed by atoms with van der Waals surface area (Å²) in [6.45, 7) is 18.6. The maximum absolute atomic E-state index is 12.1. The van der Waals surface area contributed by atoms with Gasteiger partial charge in [-0.05, 0) is 121 Å². The molecule has 12 nitrogen and oxygen atoms in total. The van der Waals surface area contributed by atoms with Crippen molar-refractivity contribution in [1.29, 1.82) is 0 Å². The molecule has 2 N–H and O–H groups in total. The molecule has 0 aromatic heterocycles. The number of alkyl carbamates (subject to hydrolysis) is 2. The van der Waals surface area contributed by atoms with E-state index in [0.29, 0.717) is 6.42 Å². The Hall–Kier alpha value is -3.37. The van der Waals surface area contributed by atoms with Crippen LogP contribution in [0.15, 0.2) is 48.5 Å². The van der Waals surface area contributed by atoms with Crippen LogP contribution in [0.4, 0.5) is 9.59 Å². The maximum atomic E-state index is 12.1. The van der Waals surface area contributed by atoms with Crippen molar-refractivity contribution in [3.63, 3.8) is 0 Å². The van der Waals surface area contributed by atoms with Crippen LogP contribution in [0.2, 0.25) is 0 Å². The highest BCUT2D eigenvalue weighted by molar-refractivity contribution is 14.1. The topological polar surface area (TPSA) is 148 Å². The van der Waals surface area contributed by atoms with Crippen LogP contribution in [-0.2, 0) is 50.7 Å². The SMILES string of the molecule is COC(=O)[C@H](Cc1ccc(B2OC(C)(C)C(C)(C)O2)cc1)NC(=O)OC(C)(C)C.COC(=O)[C@H](Cc1ccc(I)cc1)NC(=O)OC(C)(C)C. The highest BCUT2D eigenvalue weighted by Crippen LogP contribution is 2.36. The van der Waals surface area contributed by atoms with Crippen molar-refractivity contribution in [1.82, 2.24) is 10.6 Å². The zero-order chi connectivity index (χ0) is 38.1. The number of rotatable bonds is 9. The average molecular weight is 811 g/mol. The molecule has 1 fully saturated rings. The second-order valence-electron chi connectivity index (χ2n) is 14.8. The summed E-state index contributed by atoms with van der Waals surface area (Å²) >= 11 is 2.20. The van der Waals surface area contributed by atoms with Crippen molar-refractivity contribution in [2.24, 2.45) is 0 Å². The van der Waals surface area contributed by atoms with Gasteiger partial charge in [0.15, 0.2) is 0 Å². The first-order valence-corrected chi connectivity index (χ1v) is 17.4. The second-order valence-corrected chi connectivity index (χ2v) is 16.1. The number of methoxy groups -OCH3 is 2. The van der Waals surface area contributed by atoms with Crippen LogP contribution in [-0.4, -0.2) is 80.0 Å². The monoisotopic (exact) mass is 810 g/mol. The zero-order valence-electron chi connectivity index (χ0n) is 31.2. The van der Waals surface area contributed by atoms with Gasteiger partial charge < -0.3 is 38.9 Å². The van der Waals surface area contributed by atoms with E-state index in [2.05, 4.69) is 33.2 Å². The van der Waals surface area contributed by atoms with E-state index < -0.39 is 65.7 Å². The third-order valence-electron chi connectivity index (χ3n) is 7.65. The molecule has 0 saturated carbocycles. The maximum Gasteiger partial charge on any atom is 0.494 e. The summed E-state index contributed by atoms with van der Waals surface area (Å²) in [5.74, 6) is -1.04. The van der Waals surface area contributed by atoms with E-state index in [4.69, 9.17) is 28.3 Å². The Morgan fingerprint density at radius 1 is 0.680 bits per heavy atom. The molecule has 276 valence electrons. The van der Waals surface area contributed by atoms with Gasteiger partial charge in [-0.2, -0.15) is 0 Å². The molecule has 14 heteroatoms. The predicted molar refractivity (Wildman–Crippen MR) is 199 cm³/mol. The number of esters is 2. The lowest BCUT2D eigenvalue weighted by atomic mass is 9.78. The van der Waals surface area contributed by atoms with Crippen LogP contribution in [0.1, 0.15) is 80.4 Å². The van der Waals surface area contributed by atoms with Crippen LogP contribution in [0, 0.1) is 3.57 Å². The molecule has 0 spiro atoms. The van der Waals surface area contributed by atoms with Gasteiger partial charge in [-0.25, -0.2) is 19.2 Å². The number of benzene rings is 2. The zero-order valence-corrected chi connectivity index (χ0v) is 33.4. The fourth-order valence-electron chi connectivity index (χ4n) is 4.45. The summed E-state index contributed by atoms with van der Waals surface area (Å²) < 4.78 is 33.2. The third-order valence-corrected chi connectivity index (χ3v) is 8.37. The Morgan fingerprint density at radius 2 is 1.02 bits per heavy atom. The number of carbonyl (C=O) groups is 4. The standard InChI is InChI=1S/C21H32BNO6.C15H20INO4/c1-19(2,3)27-18(25)23-16(17(24)26-8)13-14-9-11-15(12-10-14)22-28-20(4,5)21(6,7)29-22;1-15(2,3)21-14(19)17-12(13(18)20-4)9-10-5-7-11(16)8-6-10/h9-12,16H,13H2,1-8H3,(H,23,25);5-8,12H,9H2,1-4H3,(H,17,19)/t16-;12-/m00/s1. The fourth-order valence-corrected chi connectivity index (χ4v) is 4.81. The lowest BCUT2D eigenvalue weighted by Crippen LogP contribution is -2.45. The molecule has 1 aliphatic heterocycles. The van der Waals surface area contributed by atoms with Crippen molar-refractivity contribution < 1.29 is 47.4 Å². The minimum Gasteiger partial charge on any atom is -0.467 e. The van der Waals surface area contributed by atoms with Gasteiger partial charge in [0.2, 0.25) is 0 Å². The van der Waals surface area contributed by atoms with Crippen molar-refractivity contribution in [2.45, 2.75) is 117 Å². The molecular weight excluding hydrogens is 758 g/mol. The van der Waals surface area contributed by atoms with Crippen LogP contribution in [0.3, 0.4) is 0 Å². The fraction of sp³-hybridized carbons (Fsp3) is 0.556. The van der Waals surface area contributed by atoms with Crippen molar-refractivity contribution >= 4 is 59.3 Å². The number of carbonyl (C=O) groups excluding carboxylic acids is 4. The third kappa shape index (κ3) is 14.1. The van der Waals surface area contributed by atoms with E-state index >= 15 is 0 Å². The number of nitrogens with one attached hydrogen (secondary N) is 2. The minimum atomic E-state index is -0.849. The molecule has 2 amide bonds. The molecule has 2 atom stereocenters. The first kappa shape index (κ1) is 42.8. The van der Waals surface area contributed by atoms with Crippen LogP contribution < -0.4 is 16.1 Å². The lowest BCUT2D eigenvalue weighted by molar-refractivity contribution is -0.143. The molecule has 0 aliphatic carbocycles. The molecule has 3 rings (SSSR count). The van der Waals surface area contributed by atoms with Crippen LogP contribution >= 0.6 is 22.6 Å². The summed E-state index contributed by atoms with van der Waals surface area (Å²) in [7, 11) is 2.12. The van der Waals surface area contributed by atoms with Gasteiger partial charge in [-0.15, -0.1) is 0 Å². The van der Waals surface area contributed by atoms with Gasteiger partial charge in [0.1, 0.15) is 23.3 Å². The van der Waals surface area contributed by atoms with Gasteiger partial charge >= 0.3 is 31.2 Å². The molecule has 50 heavy (non-hydrogen) atoms. The average Bonchev–Trinajstić information content (AvgIpc) is 3.21. The Bertz CT molecular complexity index is 1440. The number of amides is 2. The molecule has 0 unspecified atom stereocenters. The molecule has 0 radical (unpaired) electrons. The Balaban J connectivity index is 0.000000366. The minimum absolute atomic E-state index is 0.273. The van der Waals surface area contributed by atoms with E-state index in [1.54, 1.807) is 41.5 Å². The van der Waals surface area contributed by atoms with Crippen molar-refractivity contribution in [3.8, 4) is 0 Å². The number of ether oxygens (including phenoxy) is 4. The summed E-state index contributed by atoms with van der Waals surface area (Å²) in [5.41, 5.74) is 0.580. The molecule has 2 aromatic rings. The van der Waals surface area contributed by atoms with Crippen LogP contribution in [0.5, 0.6) is 0 Å². The van der Waals surface area contributed by atoms with Gasteiger partial charge in [-0.3, -0.25) is 0 Å². The smallest absolute Gasteiger partial charge is 0.467 e. The number of hydrogen-bond acceptors (Lipinski definition) is 10. The van der Waals surface area contributed by atoms with E-state index in [1.165, 1.54) is 14.2 Å². The van der Waals surface area contributed by atoms with Gasteiger partial charge in [0.25, 0.3) is 0 Å². The lowest BCUT2D eigenvalue weighted by Gasteiger charge is -2.32. The van der Waals surface area contributed by atoms with E-state index in [1.807, 2.05) is 76.2 Å². The Labute approximate surface area is 310 Å². The molecule has 1 heterocycles. The van der Waals surface area contributed by atoms with Gasteiger partial charge in [-0.1, -0.05) is 36.4 Å². The Morgan fingerprint density at radius 3 is 1.34 bits per heavy atom. The summed E-state index contributed by atoms with van der Waals surface area (Å²) in [6.07, 6.45) is -0.677. The predicted octanol–water partition coefficient (Wildman–Crippen LogP) is 5.49. The highest BCUT2D eigenvalue weighted by Gasteiger charge is 2.51. The first-order chi connectivity index (χ1) is 22.9. The second kappa shape index (κ2) is 17.7. The summed E-state index contributed by atoms with van der Waals surface area (Å²) in [5, 5.41) is 5.13. The molecule has 1 saturated heterocycles. The van der Waals surface area contributed by atoms with Crippen molar-refractivity contribution in [3.05, 3.63) is 63.2 Å². The molecule has 1 aliphatic rings. The molecular formula is C36H52BIN2O10. The first-order valence-electron chi connectivity index (χ1n) is 16.3. The molecule has 2 aromatic carbocycles. The number of halogens is 1. The van der Waals surface area contributed by atoms with Crippen LogP contribution in [0.25, 0.3) is 0 Å². The van der Waals surface area contributed by atoms with Crippen molar-refractivity contribution in [2.75, 3.05) is 14.2 Å². The van der Waals surface area contributed by atoms with Gasteiger partial charge in [0, 0.05) is 16.4 Å². The highest BCUT2D eigenvalue weighted by atomic mass is 127. The van der Waals surface area contributed by atoms with E-state index in [-0.39, 0.29) is 6.42 Å². The quantitative estimate of drug-likeness (QED) is 0.144. The largest absolute Gasteiger partial charge is 0.494 e. The van der Waals surface area contributed by atoms with E-state index in [0.717, 1.165) is 20.2 Å². The number of hydrogen-bond donors (Lipinski definition) is 2. The summed E-state index contributed by atoms with van der Waals surface area (Å²) in [6, 6.07) is 13.7.